The summed E-state index contributed by atoms with van der Waals surface area (Å²) < 4.78 is 8.55. The predicted molar refractivity (Wildman–Crippen MR) is 118 cm³/mol. The zero-order valence-electron chi connectivity index (χ0n) is 16.0. The molecule has 1 aliphatic rings. The van der Waals surface area contributed by atoms with E-state index in [4.69, 9.17) is 4.74 Å². The van der Waals surface area contributed by atoms with Crippen molar-refractivity contribution >= 4 is 23.3 Å². The average molecular weight is 377 g/mol. The Balaban J connectivity index is 1.65. The molecule has 29 heavy (non-hydrogen) atoms. The number of hydrogen-bond acceptors (Lipinski definition) is 2. The van der Waals surface area contributed by atoms with Gasteiger partial charge in [0, 0.05) is 17.8 Å². The topological polar surface area (TPSA) is 15.5 Å². The lowest BCUT2D eigenvalue weighted by atomic mass is 10.1. The summed E-state index contributed by atoms with van der Waals surface area (Å²) in [6.45, 7) is 0.705. The molecule has 0 atom stereocenters. The van der Waals surface area contributed by atoms with Crippen LogP contribution >= 0.6 is 0 Å². The standard InChI is InChI=1S/C26H21N2O/c1-4-12-22(13-5-1)27-19-21-11-10-18-25(29-24-16-8-3-9-17-24)26(21)28(20-27)23-14-6-2-7-15-23/h1-19H,20H2/q+1. The second-order valence-corrected chi connectivity index (χ2v) is 6.95. The molecule has 0 saturated carbocycles. The smallest absolute Gasteiger partial charge is 0.228 e. The fourth-order valence-electron chi connectivity index (χ4n) is 3.66. The number of benzene rings is 4. The molecular weight excluding hydrogens is 356 g/mol. The first-order valence-corrected chi connectivity index (χ1v) is 9.73. The molecule has 5 rings (SSSR count). The van der Waals surface area contributed by atoms with Crippen LogP contribution < -0.4 is 9.64 Å². The molecule has 3 heteroatoms. The molecule has 1 heterocycles. The molecule has 1 aliphatic heterocycles. The Labute approximate surface area is 170 Å². The first kappa shape index (κ1) is 17.3. The van der Waals surface area contributed by atoms with Gasteiger partial charge in [-0.25, -0.2) is 0 Å². The summed E-state index contributed by atoms with van der Waals surface area (Å²) in [6, 6.07) is 37.1. The maximum atomic E-state index is 6.29. The third-order valence-electron chi connectivity index (χ3n) is 5.02. The number of nitrogens with zero attached hydrogens (tertiary/aromatic N) is 2. The van der Waals surface area contributed by atoms with Crippen molar-refractivity contribution in [2.24, 2.45) is 0 Å². The highest BCUT2D eigenvalue weighted by Crippen LogP contribution is 2.40. The van der Waals surface area contributed by atoms with E-state index >= 15 is 0 Å². The van der Waals surface area contributed by atoms with Crippen LogP contribution in [0.3, 0.4) is 0 Å². The Morgan fingerprint density at radius 1 is 0.655 bits per heavy atom. The minimum absolute atomic E-state index is 0.705. The third-order valence-corrected chi connectivity index (χ3v) is 5.02. The van der Waals surface area contributed by atoms with Crippen molar-refractivity contribution in [3.63, 3.8) is 0 Å². The second-order valence-electron chi connectivity index (χ2n) is 6.95. The fraction of sp³-hybridized carbons (Fsp3) is 0.0385. The predicted octanol–water partition coefficient (Wildman–Crippen LogP) is 6.35. The molecule has 0 aromatic heterocycles. The Kier molecular flexibility index (Phi) is 4.55. The number of anilines is 2. The lowest BCUT2D eigenvalue weighted by Crippen LogP contribution is -2.32. The van der Waals surface area contributed by atoms with Gasteiger partial charge in [-0.05, 0) is 36.4 Å². The fourth-order valence-corrected chi connectivity index (χ4v) is 3.66. The van der Waals surface area contributed by atoms with Crippen molar-refractivity contribution in [3.05, 3.63) is 115 Å². The Morgan fingerprint density at radius 3 is 2.03 bits per heavy atom. The third kappa shape index (κ3) is 3.50. The molecule has 0 radical (unpaired) electrons. The molecule has 0 saturated heterocycles. The zero-order valence-corrected chi connectivity index (χ0v) is 16.0. The van der Waals surface area contributed by atoms with Crippen LogP contribution in [0.25, 0.3) is 0 Å². The SMILES string of the molecule is C1=[N+](c2ccccc2)CN(c2ccccc2)c2c1cccc2Oc1ccccc1. The molecule has 0 fully saturated rings. The number of rotatable bonds is 4. The zero-order chi connectivity index (χ0) is 19.5. The molecule has 0 aliphatic carbocycles. The molecule has 3 nitrogen and oxygen atoms in total. The molecule has 4 aromatic carbocycles. The van der Waals surface area contributed by atoms with E-state index in [1.165, 1.54) is 0 Å². The van der Waals surface area contributed by atoms with Crippen LogP contribution in [-0.4, -0.2) is 17.5 Å². The van der Waals surface area contributed by atoms with E-state index in [2.05, 4.69) is 70.3 Å². The normalized spacial score (nSPS) is 12.8. The summed E-state index contributed by atoms with van der Waals surface area (Å²) in [4.78, 5) is 2.31. The highest BCUT2D eigenvalue weighted by atomic mass is 16.5. The van der Waals surface area contributed by atoms with E-state index in [1.807, 2.05) is 54.6 Å². The molecule has 4 aromatic rings. The average Bonchev–Trinajstić information content (AvgIpc) is 2.80. The van der Waals surface area contributed by atoms with E-state index < -0.39 is 0 Å². The summed E-state index contributed by atoms with van der Waals surface area (Å²) in [5.41, 5.74) is 4.49. The van der Waals surface area contributed by atoms with Gasteiger partial charge < -0.3 is 4.74 Å². The second kappa shape index (κ2) is 7.64. The lowest BCUT2D eigenvalue weighted by Gasteiger charge is -2.29. The summed E-state index contributed by atoms with van der Waals surface area (Å²) in [6.07, 6.45) is 2.20. The van der Waals surface area contributed by atoms with Crippen molar-refractivity contribution in [1.29, 1.82) is 0 Å². The first-order chi connectivity index (χ1) is 14.4. The molecule has 0 bridgehead atoms. The first-order valence-electron chi connectivity index (χ1n) is 9.73. The monoisotopic (exact) mass is 377 g/mol. The van der Waals surface area contributed by atoms with E-state index in [-0.39, 0.29) is 0 Å². The van der Waals surface area contributed by atoms with Crippen molar-refractivity contribution in [2.75, 3.05) is 11.6 Å². The van der Waals surface area contributed by atoms with Gasteiger partial charge in [-0.2, -0.15) is 4.58 Å². The van der Waals surface area contributed by atoms with E-state index in [0.717, 1.165) is 34.1 Å². The van der Waals surface area contributed by atoms with Crippen molar-refractivity contribution in [3.8, 4) is 11.5 Å². The van der Waals surface area contributed by atoms with Gasteiger partial charge in [-0.3, -0.25) is 4.90 Å². The molecule has 0 amide bonds. The number of para-hydroxylation sites is 4. The molecule has 0 unspecified atom stereocenters. The quantitative estimate of drug-likeness (QED) is 0.385. The Bertz CT molecular complexity index is 1140. The van der Waals surface area contributed by atoms with Crippen LogP contribution in [0, 0.1) is 0 Å². The maximum absolute atomic E-state index is 6.29. The van der Waals surface area contributed by atoms with Crippen LogP contribution in [-0.2, 0) is 0 Å². The van der Waals surface area contributed by atoms with Crippen LogP contribution in [0.4, 0.5) is 17.1 Å². The lowest BCUT2D eigenvalue weighted by molar-refractivity contribution is -0.434. The molecule has 140 valence electrons. The van der Waals surface area contributed by atoms with E-state index in [0.29, 0.717) is 6.67 Å². The van der Waals surface area contributed by atoms with Crippen LogP contribution in [0.1, 0.15) is 5.56 Å². The van der Waals surface area contributed by atoms with Gasteiger partial charge >= 0.3 is 0 Å². The van der Waals surface area contributed by atoms with Crippen LogP contribution in [0.2, 0.25) is 0 Å². The summed E-state index contributed by atoms with van der Waals surface area (Å²) in [5.74, 6) is 1.68. The van der Waals surface area contributed by atoms with Crippen LogP contribution in [0.15, 0.2) is 109 Å². The van der Waals surface area contributed by atoms with Gasteiger partial charge in [0.15, 0.2) is 12.0 Å². The number of fused-ring (bicyclic) bond motifs is 1. The number of ether oxygens (including phenoxy) is 1. The van der Waals surface area contributed by atoms with E-state index in [9.17, 15) is 0 Å². The molecule has 0 spiro atoms. The van der Waals surface area contributed by atoms with Gasteiger partial charge in [0.05, 0.1) is 5.56 Å². The van der Waals surface area contributed by atoms with Crippen molar-refractivity contribution < 1.29 is 9.31 Å². The minimum Gasteiger partial charge on any atom is -0.455 e. The maximum Gasteiger partial charge on any atom is 0.228 e. The van der Waals surface area contributed by atoms with Crippen LogP contribution in [0.5, 0.6) is 11.5 Å². The van der Waals surface area contributed by atoms with Gasteiger partial charge in [0.25, 0.3) is 0 Å². The van der Waals surface area contributed by atoms with Crippen molar-refractivity contribution in [2.45, 2.75) is 0 Å². The van der Waals surface area contributed by atoms with Gasteiger partial charge in [-0.1, -0.05) is 60.7 Å². The summed E-state index contributed by atoms with van der Waals surface area (Å²) in [5, 5.41) is 0. The van der Waals surface area contributed by atoms with Gasteiger partial charge in [-0.15, -0.1) is 0 Å². The largest absolute Gasteiger partial charge is 0.455 e. The molecular formula is C26H21N2O+. The Morgan fingerprint density at radius 2 is 1.31 bits per heavy atom. The minimum atomic E-state index is 0.705. The number of hydrogen-bond donors (Lipinski definition) is 0. The van der Waals surface area contributed by atoms with Crippen molar-refractivity contribution in [1.82, 2.24) is 0 Å². The summed E-state index contributed by atoms with van der Waals surface area (Å²) in [7, 11) is 0. The molecule has 0 N–H and O–H groups in total. The van der Waals surface area contributed by atoms with Gasteiger partial charge in [0.2, 0.25) is 12.4 Å². The summed E-state index contributed by atoms with van der Waals surface area (Å²) >= 11 is 0. The van der Waals surface area contributed by atoms with E-state index in [1.54, 1.807) is 0 Å². The highest BCUT2D eigenvalue weighted by molar-refractivity contribution is 5.92. The van der Waals surface area contributed by atoms with Gasteiger partial charge in [0.1, 0.15) is 11.4 Å². The highest BCUT2D eigenvalue weighted by Gasteiger charge is 2.28. The Hall–Kier alpha value is -3.85.